The fourth-order valence-corrected chi connectivity index (χ4v) is 5.60. The average Bonchev–Trinajstić information content (AvgIpc) is 2.66. The van der Waals surface area contributed by atoms with E-state index in [-0.39, 0.29) is 11.5 Å². The monoisotopic (exact) mass is 515 g/mol. The van der Waals surface area contributed by atoms with Crippen molar-refractivity contribution < 1.29 is 16.8 Å². The normalized spacial score (nSPS) is 19.6. The second-order valence-electron chi connectivity index (χ2n) is 7.21. The topological polar surface area (TPSA) is 78.0 Å². The van der Waals surface area contributed by atoms with Crippen molar-refractivity contribution in [1.29, 1.82) is 0 Å². The standard InChI is InChI=1S/C8H17ClN2O2S.C6H13N.C3H6Cl2O2S/c1-10-4-6-11(7-5-10)14(12,13)8-2-3-9;1-7-5-3-2-4-6-7;4-2-1-3-8(5,6)7/h2-8H2,1H3;2-6H2,1H3;1-3H2. The molecule has 29 heavy (non-hydrogen) atoms. The van der Waals surface area contributed by atoms with E-state index in [1.807, 2.05) is 7.05 Å². The van der Waals surface area contributed by atoms with Gasteiger partial charge in [-0.25, -0.2) is 16.8 Å². The van der Waals surface area contributed by atoms with E-state index in [0.717, 1.165) is 13.1 Å². The summed E-state index contributed by atoms with van der Waals surface area (Å²) in [5.74, 6) is 0.900. The van der Waals surface area contributed by atoms with Crippen LogP contribution in [0.2, 0.25) is 0 Å². The van der Waals surface area contributed by atoms with Crippen LogP contribution in [0, 0.1) is 0 Å². The summed E-state index contributed by atoms with van der Waals surface area (Å²) in [6.07, 6.45) is 5.24. The van der Waals surface area contributed by atoms with E-state index in [1.54, 1.807) is 4.31 Å². The second kappa shape index (κ2) is 16.3. The molecule has 0 atom stereocenters. The van der Waals surface area contributed by atoms with Crippen LogP contribution in [0.15, 0.2) is 0 Å². The molecule has 0 aromatic carbocycles. The number of nitrogens with zero attached hydrogens (tertiary/aromatic N) is 3. The molecule has 2 aliphatic rings. The maximum Gasteiger partial charge on any atom is 0.232 e. The number of halogens is 3. The van der Waals surface area contributed by atoms with Crippen molar-refractivity contribution >= 4 is 53.0 Å². The predicted molar refractivity (Wildman–Crippen MR) is 125 cm³/mol. The van der Waals surface area contributed by atoms with Crippen molar-refractivity contribution in [3.8, 4) is 0 Å². The van der Waals surface area contributed by atoms with Gasteiger partial charge in [-0.2, -0.15) is 4.31 Å². The van der Waals surface area contributed by atoms with Gasteiger partial charge in [-0.1, -0.05) is 6.42 Å². The lowest BCUT2D eigenvalue weighted by Gasteiger charge is -2.31. The zero-order valence-electron chi connectivity index (χ0n) is 17.5. The molecule has 2 heterocycles. The van der Waals surface area contributed by atoms with Crippen molar-refractivity contribution in [3.05, 3.63) is 0 Å². The molecular formula is C17H36Cl3N3O4S2. The zero-order chi connectivity index (χ0) is 22.3. The SMILES string of the molecule is CN1CCCCC1.CN1CCN(S(=O)(=O)CCCCl)CC1.O=S(=O)(Cl)CCCCl. The van der Waals surface area contributed by atoms with E-state index in [9.17, 15) is 16.8 Å². The van der Waals surface area contributed by atoms with Crippen molar-refractivity contribution in [2.24, 2.45) is 0 Å². The van der Waals surface area contributed by atoms with Gasteiger partial charge < -0.3 is 9.80 Å². The maximum atomic E-state index is 11.7. The van der Waals surface area contributed by atoms with Gasteiger partial charge >= 0.3 is 0 Å². The van der Waals surface area contributed by atoms with E-state index in [0.29, 0.717) is 37.7 Å². The first kappa shape index (κ1) is 29.7. The molecule has 0 bridgehead atoms. The Balaban J connectivity index is 0.000000444. The third-order valence-corrected chi connectivity index (χ3v) is 8.22. The van der Waals surface area contributed by atoms with Crippen LogP contribution in [0.5, 0.6) is 0 Å². The molecule has 2 fully saturated rings. The Hall–Kier alpha value is 0.650. The van der Waals surface area contributed by atoms with Gasteiger partial charge in [0, 0.05) is 48.6 Å². The van der Waals surface area contributed by atoms with Gasteiger partial charge in [0.1, 0.15) is 0 Å². The Morgan fingerprint density at radius 2 is 1.14 bits per heavy atom. The molecule has 176 valence electrons. The molecule has 0 aliphatic carbocycles. The van der Waals surface area contributed by atoms with Crippen molar-refractivity contribution in [3.63, 3.8) is 0 Å². The maximum absolute atomic E-state index is 11.7. The fraction of sp³-hybridized carbons (Fsp3) is 1.00. The molecule has 12 heteroatoms. The first-order valence-corrected chi connectivity index (χ1v) is 15.1. The van der Waals surface area contributed by atoms with E-state index in [1.165, 1.54) is 32.4 Å². The number of hydrogen-bond acceptors (Lipinski definition) is 6. The number of piperidine rings is 1. The molecule has 0 N–H and O–H groups in total. The summed E-state index contributed by atoms with van der Waals surface area (Å²) in [7, 11) is 2.68. The lowest BCUT2D eigenvalue weighted by atomic mass is 10.1. The van der Waals surface area contributed by atoms with Crippen LogP contribution >= 0.6 is 33.9 Å². The number of sulfonamides is 1. The van der Waals surface area contributed by atoms with E-state index >= 15 is 0 Å². The van der Waals surface area contributed by atoms with Gasteiger partial charge in [0.25, 0.3) is 0 Å². The Labute approximate surface area is 192 Å². The highest BCUT2D eigenvalue weighted by Crippen LogP contribution is 2.08. The lowest BCUT2D eigenvalue weighted by molar-refractivity contribution is 0.222. The summed E-state index contributed by atoms with van der Waals surface area (Å²) in [4.78, 5) is 4.52. The third kappa shape index (κ3) is 16.9. The van der Waals surface area contributed by atoms with Gasteiger partial charge in [0.15, 0.2) is 0 Å². The van der Waals surface area contributed by atoms with E-state index in [2.05, 4.69) is 16.8 Å². The van der Waals surface area contributed by atoms with Crippen LogP contribution in [-0.2, 0) is 19.1 Å². The molecule has 0 saturated carbocycles. The number of alkyl halides is 2. The minimum atomic E-state index is -3.30. The molecule has 2 aliphatic heterocycles. The molecule has 0 unspecified atom stereocenters. The van der Waals surface area contributed by atoms with Gasteiger partial charge in [0.05, 0.1) is 11.5 Å². The van der Waals surface area contributed by atoms with Crippen LogP contribution < -0.4 is 0 Å². The van der Waals surface area contributed by atoms with Crippen LogP contribution in [0.25, 0.3) is 0 Å². The minimum absolute atomic E-state index is 0.0297. The quantitative estimate of drug-likeness (QED) is 0.382. The highest BCUT2D eigenvalue weighted by atomic mass is 35.7. The van der Waals surface area contributed by atoms with Gasteiger partial charge in [-0.05, 0) is 52.9 Å². The Morgan fingerprint density at radius 1 is 0.690 bits per heavy atom. The molecule has 2 saturated heterocycles. The van der Waals surface area contributed by atoms with Crippen LogP contribution in [-0.4, -0.2) is 108 Å². The summed E-state index contributed by atoms with van der Waals surface area (Å²) < 4.78 is 45.2. The molecule has 2 rings (SSSR count). The van der Waals surface area contributed by atoms with Crippen molar-refractivity contribution in [1.82, 2.24) is 14.1 Å². The summed E-state index contributed by atoms with van der Waals surface area (Å²) in [6, 6.07) is 0. The zero-order valence-corrected chi connectivity index (χ0v) is 21.4. The fourth-order valence-electron chi connectivity index (χ4n) is 2.71. The lowest BCUT2D eigenvalue weighted by Crippen LogP contribution is -2.47. The summed E-state index contributed by atoms with van der Waals surface area (Å²) in [6.45, 7) is 5.50. The van der Waals surface area contributed by atoms with Crippen LogP contribution in [0.4, 0.5) is 0 Å². The molecule has 0 aromatic rings. The Morgan fingerprint density at radius 3 is 1.48 bits per heavy atom. The third-order valence-electron chi connectivity index (χ3n) is 4.49. The van der Waals surface area contributed by atoms with Crippen molar-refractivity contribution in [2.45, 2.75) is 32.1 Å². The first-order valence-electron chi connectivity index (χ1n) is 9.91. The molecule has 0 spiro atoms. The molecule has 0 aromatic heterocycles. The summed E-state index contributed by atoms with van der Waals surface area (Å²) in [5.41, 5.74) is 0. The summed E-state index contributed by atoms with van der Waals surface area (Å²) >= 11 is 10.7. The number of rotatable bonds is 7. The smallest absolute Gasteiger partial charge is 0.232 e. The number of likely N-dealkylation sites (N-methyl/N-ethyl adjacent to an activating group) is 1. The first-order chi connectivity index (χ1) is 13.5. The second-order valence-corrected chi connectivity index (χ2v) is 13.0. The molecular weight excluding hydrogens is 481 g/mol. The molecule has 0 amide bonds. The van der Waals surface area contributed by atoms with Crippen molar-refractivity contribution in [2.75, 3.05) is 76.6 Å². The number of likely N-dealkylation sites (tertiary alicyclic amines) is 1. The Bertz CT molecular complexity index is 607. The average molecular weight is 517 g/mol. The summed E-state index contributed by atoms with van der Waals surface area (Å²) in [5, 5.41) is 0. The van der Waals surface area contributed by atoms with Gasteiger partial charge in [-0.15, -0.1) is 23.2 Å². The highest BCUT2D eigenvalue weighted by Gasteiger charge is 2.24. The largest absolute Gasteiger partial charge is 0.306 e. The molecule has 7 nitrogen and oxygen atoms in total. The number of piperazine rings is 1. The Kier molecular flexibility index (Phi) is 16.7. The predicted octanol–water partition coefficient (Wildman–Crippen LogP) is 2.48. The van der Waals surface area contributed by atoms with E-state index in [4.69, 9.17) is 33.9 Å². The minimum Gasteiger partial charge on any atom is -0.306 e. The van der Waals surface area contributed by atoms with Crippen LogP contribution in [0.3, 0.4) is 0 Å². The van der Waals surface area contributed by atoms with Crippen LogP contribution in [0.1, 0.15) is 32.1 Å². The van der Waals surface area contributed by atoms with Gasteiger partial charge in [0.2, 0.25) is 19.1 Å². The van der Waals surface area contributed by atoms with Gasteiger partial charge in [-0.3, -0.25) is 0 Å². The highest BCUT2D eigenvalue weighted by molar-refractivity contribution is 8.13. The van der Waals surface area contributed by atoms with E-state index < -0.39 is 19.1 Å². The number of hydrogen-bond donors (Lipinski definition) is 0. The molecule has 0 radical (unpaired) electrons.